The minimum Gasteiger partial charge on any atom is -0.389 e. The average Bonchev–Trinajstić information content (AvgIpc) is 2.19. The minimum atomic E-state index is -1.21. The molecule has 0 aliphatic rings. The second-order valence-corrected chi connectivity index (χ2v) is 2.81. The Hall–Kier alpha value is -1.36. The van der Waals surface area contributed by atoms with E-state index in [0.29, 0.717) is 0 Å². The van der Waals surface area contributed by atoms with Crippen LogP contribution in [0.4, 0.5) is 0 Å². The molecule has 5 heteroatoms. The van der Waals surface area contributed by atoms with Crippen LogP contribution < -0.4 is 0 Å². The zero-order valence-electron chi connectivity index (χ0n) is 7.64. The van der Waals surface area contributed by atoms with Gasteiger partial charge in [-0.25, -0.2) is 0 Å². The summed E-state index contributed by atoms with van der Waals surface area (Å²) < 4.78 is 0. The molecular weight excluding hydrogens is 188 g/mol. The van der Waals surface area contributed by atoms with Gasteiger partial charge in [-0.3, -0.25) is 9.59 Å². The smallest absolute Gasteiger partial charge is 0.158 e. The van der Waals surface area contributed by atoms with E-state index in [4.69, 9.17) is 5.11 Å². The molecule has 0 heterocycles. The number of carbonyl (C=O) groups is 4. The van der Waals surface area contributed by atoms with Crippen molar-refractivity contribution in [1.29, 1.82) is 0 Å². The number of ketones is 2. The first kappa shape index (κ1) is 12.6. The molecule has 0 aromatic rings. The Labute approximate surface area is 81.1 Å². The third-order valence-electron chi connectivity index (χ3n) is 1.72. The molecule has 0 saturated heterocycles. The van der Waals surface area contributed by atoms with Crippen molar-refractivity contribution in [3.8, 4) is 0 Å². The van der Waals surface area contributed by atoms with Crippen molar-refractivity contribution in [3.63, 3.8) is 0 Å². The number of rotatable bonds is 8. The zero-order valence-corrected chi connectivity index (χ0v) is 7.64. The molecule has 0 radical (unpaired) electrons. The number of aliphatic hydroxyl groups is 1. The molecule has 0 spiro atoms. The maximum Gasteiger partial charge on any atom is 0.158 e. The lowest BCUT2D eigenvalue weighted by molar-refractivity contribution is -0.131. The molecule has 0 aliphatic carbocycles. The SMILES string of the molecule is O=CC(C=O)C(=O)CCCC(=O)CO. The first-order chi connectivity index (χ1) is 6.65. The van der Waals surface area contributed by atoms with Crippen molar-refractivity contribution in [1.82, 2.24) is 0 Å². The zero-order chi connectivity index (χ0) is 11.0. The molecule has 0 atom stereocenters. The largest absolute Gasteiger partial charge is 0.389 e. The molecule has 0 aliphatic heterocycles. The quantitative estimate of drug-likeness (QED) is 0.413. The van der Waals surface area contributed by atoms with Crippen LogP contribution >= 0.6 is 0 Å². The molecule has 0 unspecified atom stereocenters. The number of Topliss-reactive ketones (excluding diaryl/α,β-unsaturated/α-hetero) is 2. The summed E-state index contributed by atoms with van der Waals surface area (Å²) in [4.78, 5) is 42.0. The molecule has 0 bridgehead atoms. The van der Waals surface area contributed by atoms with Gasteiger partial charge in [-0.05, 0) is 6.42 Å². The topological polar surface area (TPSA) is 88.5 Å². The number of hydrogen-bond acceptors (Lipinski definition) is 5. The molecule has 5 nitrogen and oxygen atoms in total. The fraction of sp³-hybridized carbons (Fsp3) is 0.556. The van der Waals surface area contributed by atoms with Crippen LogP contribution in [0.2, 0.25) is 0 Å². The van der Waals surface area contributed by atoms with Gasteiger partial charge < -0.3 is 14.7 Å². The molecule has 78 valence electrons. The van der Waals surface area contributed by atoms with Crippen molar-refractivity contribution in [3.05, 3.63) is 0 Å². The van der Waals surface area contributed by atoms with Crippen LogP contribution in [0.1, 0.15) is 19.3 Å². The monoisotopic (exact) mass is 200 g/mol. The van der Waals surface area contributed by atoms with E-state index >= 15 is 0 Å². The molecular formula is C9H12O5. The highest BCUT2D eigenvalue weighted by Gasteiger charge is 2.15. The van der Waals surface area contributed by atoms with Crippen LogP contribution in [0, 0.1) is 5.92 Å². The normalized spacial score (nSPS) is 9.86. The summed E-state index contributed by atoms with van der Waals surface area (Å²) in [7, 11) is 0. The van der Waals surface area contributed by atoms with Gasteiger partial charge in [-0.15, -0.1) is 0 Å². The summed E-state index contributed by atoms with van der Waals surface area (Å²) in [6.45, 7) is -0.543. The van der Waals surface area contributed by atoms with Crippen molar-refractivity contribution >= 4 is 24.1 Å². The van der Waals surface area contributed by atoms with E-state index in [-0.39, 0.29) is 37.6 Å². The molecule has 0 rings (SSSR count). The number of aliphatic hydroxyl groups excluding tert-OH is 1. The van der Waals surface area contributed by atoms with Crippen LogP contribution in [-0.4, -0.2) is 35.9 Å². The molecule has 1 N–H and O–H groups in total. The first-order valence-corrected chi connectivity index (χ1v) is 4.21. The summed E-state index contributed by atoms with van der Waals surface area (Å²) in [5.74, 6) is -2.05. The predicted octanol–water partition coefficient (Wildman–Crippen LogP) is -0.699. The van der Waals surface area contributed by atoms with E-state index in [1.807, 2.05) is 0 Å². The maximum atomic E-state index is 11.0. The third-order valence-corrected chi connectivity index (χ3v) is 1.72. The molecule has 0 fully saturated rings. The number of carbonyl (C=O) groups excluding carboxylic acids is 4. The van der Waals surface area contributed by atoms with Gasteiger partial charge in [-0.2, -0.15) is 0 Å². The van der Waals surface area contributed by atoms with Gasteiger partial charge in [-0.1, -0.05) is 0 Å². The van der Waals surface area contributed by atoms with Gasteiger partial charge >= 0.3 is 0 Å². The number of aldehydes is 2. The lowest BCUT2D eigenvalue weighted by Crippen LogP contribution is -2.17. The number of hydrogen-bond donors (Lipinski definition) is 1. The highest BCUT2D eigenvalue weighted by Crippen LogP contribution is 2.02. The average molecular weight is 200 g/mol. The maximum absolute atomic E-state index is 11.0. The Morgan fingerprint density at radius 2 is 1.71 bits per heavy atom. The van der Waals surface area contributed by atoms with Crippen LogP contribution in [-0.2, 0) is 19.2 Å². The summed E-state index contributed by atoms with van der Waals surface area (Å²) in [6, 6.07) is 0. The van der Waals surface area contributed by atoms with Crippen molar-refractivity contribution in [2.75, 3.05) is 6.61 Å². The van der Waals surface area contributed by atoms with E-state index in [0.717, 1.165) is 0 Å². The second kappa shape index (κ2) is 7.08. The molecule has 0 amide bonds. The Morgan fingerprint density at radius 3 is 2.14 bits per heavy atom. The minimum absolute atomic E-state index is 0.00782. The summed E-state index contributed by atoms with van der Waals surface area (Å²) in [6.07, 6.45) is 0.920. The van der Waals surface area contributed by atoms with Crippen LogP contribution in [0.15, 0.2) is 0 Å². The molecule has 14 heavy (non-hydrogen) atoms. The molecule has 0 saturated carbocycles. The lowest BCUT2D eigenvalue weighted by Gasteiger charge is -2.00. The van der Waals surface area contributed by atoms with Crippen molar-refractivity contribution in [2.24, 2.45) is 5.92 Å². The standard InChI is InChI=1S/C9H12O5/c10-4-7(5-11)9(14)3-1-2-8(13)6-12/h4-5,7,12H,1-3,6H2. The highest BCUT2D eigenvalue weighted by molar-refractivity contribution is 6.05. The van der Waals surface area contributed by atoms with E-state index in [1.54, 1.807) is 0 Å². The van der Waals surface area contributed by atoms with Crippen LogP contribution in [0.3, 0.4) is 0 Å². The summed E-state index contributed by atoms with van der Waals surface area (Å²) in [5.41, 5.74) is 0. The van der Waals surface area contributed by atoms with Gasteiger partial charge in [0.25, 0.3) is 0 Å². The summed E-state index contributed by atoms with van der Waals surface area (Å²) in [5, 5.41) is 8.35. The van der Waals surface area contributed by atoms with Crippen LogP contribution in [0.25, 0.3) is 0 Å². The van der Waals surface area contributed by atoms with E-state index in [2.05, 4.69) is 0 Å². The Balaban J connectivity index is 3.78. The van der Waals surface area contributed by atoms with Gasteiger partial charge in [0.2, 0.25) is 0 Å². The van der Waals surface area contributed by atoms with Gasteiger partial charge in [0.1, 0.15) is 30.9 Å². The molecule has 0 aromatic carbocycles. The fourth-order valence-electron chi connectivity index (χ4n) is 0.889. The lowest BCUT2D eigenvalue weighted by atomic mass is 10.0. The Morgan fingerprint density at radius 1 is 1.14 bits per heavy atom. The predicted molar refractivity (Wildman–Crippen MR) is 46.6 cm³/mol. The van der Waals surface area contributed by atoms with Crippen LogP contribution in [0.5, 0.6) is 0 Å². The van der Waals surface area contributed by atoms with E-state index < -0.39 is 18.3 Å². The van der Waals surface area contributed by atoms with Gasteiger partial charge in [0.05, 0.1) is 0 Å². The first-order valence-electron chi connectivity index (χ1n) is 4.21. The van der Waals surface area contributed by atoms with Crippen molar-refractivity contribution in [2.45, 2.75) is 19.3 Å². The van der Waals surface area contributed by atoms with E-state index in [1.165, 1.54) is 0 Å². The summed E-state index contributed by atoms with van der Waals surface area (Å²) >= 11 is 0. The molecule has 0 aromatic heterocycles. The third kappa shape index (κ3) is 4.61. The second-order valence-electron chi connectivity index (χ2n) is 2.81. The Bertz CT molecular complexity index is 225. The van der Waals surface area contributed by atoms with Crippen molar-refractivity contribution < 1.29 is 24.3 Å². The highest BCUT2D eigenvalue weighted by atomic mass is 16.3. The fourth-order valence-corrected chi connectivity index (χ4v) is 0.889. The van der Waals surface area contributed by atoms with Gasteiger partial charge in [0.15, 0.2) is 5.78 Å². The van der Waals surface area contributed by atoms with E-state index in [9.17, 15) is 19.2 Å². The Kier molecular flexibility index (Phi) is 6.39. The van der Waals surface area contributed by atoms with Gasteiger partial charge in [0, 0.05) is 12.8 Å².